The van der Waals surface area contributed by atoms with Crippen molar-refractivity contribution in [1.82, 2.24) is 19.3 Å². The van der Waals surface area contributed by atoms with Crippen molar-refractivity contribution in [3.63, 3.8) is 0 Å². The molecule has 0 aliphatic carbocycles. The fourth-order valence-electron chi connectivity index (χ4n) is 4.35. The van der Waals surface area contributed by atoms with E-state index >= 15 is 0 Å². The van der Waals surface area contributed by atoms with Crippen LogP contribution >= 0.6 is 11.3 Å². The minimum atomic E-state index is -4.75. The van der Waals surface area contributed by atoms with Gasteiger partial charge in [0.15, 0.2) is 10.6 Å². The molecule has 0 aliphatic heterocycles. The van der Waals surface area contributed by atoms with Gasteiger partial charge in [-0.2, -0.15) is 4.99 Å². The molecule has 0 fully saturated rings. The molecule has 0 unspecified atom stereocenters. The molecule has 0 saturated heterocycles. The molecule has 0 bridgehead atoms. The topological polar surface area (TPSA) is 86.7 Å². The highest BCUT2D eigenvalue weighted by atomic mass is 32.1. The number of aromatic nitrogens is 4. The third kappa shape index (κ3) is 6.72. The lowest BCUT2D eigenvalue weighted by Gasteiger charge is -2.12. The fourth-order valence-corrected chi connectivity index (χ4v) is 5.20. The molecule has 0 spiro atoms. The van der Waals surface area contributed by atoms with E-state index in [0.29, 0.717) is 22.7 Å². The second kappa shape index (κ2) is 12.0. The van der Waals surface area contributed by atoms with Gasteiger partial charge in [0.2, 0.25) is 0 Å². The van der Waals surface area contributed by atoms with Crippen molar-refractivity contribution < 1.29 is 22.7 Å². The number of nitrogens with zero attached hydrogens (tertiary/aromatic N) is 6. The lowest BCUT2D eigenvalue weighted by atomic mass is 10.1. The smallest absolute Gasteiger partial charge is 0.406 e. The Hall–Kier alpha value is -4.84. The Bertz CT molecular complexity index is 1800. The largest absolute Gasteiger partial charge is 0.573 e. The Morgan fingerprint density at radius 1 is 1.00 bits per heavy atom. The number of halogens is 3. The first-order valence-electron chi connectivity index (χ1n) is 12.8. The molecule has 5 rings (SSSR count). The van der Waals surface area contributed by atoms with Crippen LogP contribution in [0.15, 0.2) is 88.4 Å². The Balaban J connectivity index is 1.23. The average molecular weight is 591 g/mol. The van der Waals surface area contributed by atoms with Crippen LogP contribution in [0.4, 0.5) is 18.0 Å². The highest BCUT2D eigenvalue weighted by Crippen LogP contribution is 2.24. The van der Waals surface area contributed by atoms with Crippen LogP contribution in [0.25, 0.3) is 22.8 Å². The van der Waals surface area contributed by atoms with Crippen LogP contribution in [0, 0.1) is 20.8 Å². The predicted molar refractivity (Wildman–Crippen MR) is 154 cm³/mol. The minimum Gasteiger partial charge on any atom is -0.406 e. The summed E-state index contributed by atoms with van der Waals surface area (Å²) >= 11 is 1.39. The zero-order valence-corrected chi connectivity index (χ0v) is 23.6. The molecule has 0 atom stereocenters. The molecule has 12 heteroatoms. The number of carbonyl (C=O) groups excluding carboxylic acids is 1. The number of urea groups is 1. The van der Waals surface area contributed by atoms with E-state index in [-0.39, 0.29) is 5.75 Å². The Labute approximate surface area is 243 Å². The average Bonchev–Trinajstić information content (AvgIpc) is 3.56. The van der Waals surface area contributed by atoms with Gasteiger partial charge in [-0.05, 0) is 61.7 Å². The van der Waals surface area contributed by atoms with Gasteiger partial charge < -0.3 is 4.74 Å². The van der Waals surface area contributed by atoms with Gasteiger partial charge in [-0.15, -0.1) is 29.6 Å². The minimum absolute atomic E-state index is 0.316. The van der Waals surface area contributed by atoms with E-state index in [1.165, 1.54) is 52.8 Å². The van der Waals surface area contributed by atoms with Crippen molar-refractivity contribution in [3.8, 4) is 28.5 Å². The third-order valence-electron chi connectivity index (χ3n) is 6.30. The van der Waals surface area contributed by atoms with Crippen molar-refractivity contribution >= 4 is 23.6 Å². The highest BCUT2D eigenvalue weighted by molar-refractivity contribution is 7.07. The summed E-state index contributed by atoms with van der Waals surface area (Å²) in [4.78, 5) is 25.7. The molecular formula is C30H25F3N6O2S. The monoisotopic (exact) mass is 590 g/mol. The van der Waals surface area contributed by atoms with Crippen LogP contribution in [0.5, 0.6) is 5.75 Å². The quantitative estimate of drug-likeness (QED) is 0.200. The number of hydrogen-bond donors (Lipinski definition) is 0. The number of amides is 2. The summed E-state index contributed by atoms with van der Waals surface area (Å²) in [6.45, 7) is 6.04. The van der Waals surface area contributed by atoms with Crippen molar-refractivity contribution in [3.05, 3.63) is 106 Å². The fraction of sp³-hybridized carbons (Fsp3) is 0.167. The van der Waals surface area contributed by atoms with Crippen LogP contribution in [0.1, 0.15) is 22.4 Å². The van der Waals surface area contributed by atoms with Gasteiger partial charge >= 0.3 is 12.4 Å². The number of alkyl halides is 3. The molecule has 8 nitrogen and oxygen atoms in total. The van der Waals surface area contributed by atoms with Gasteiger partial charge in [0.05, 0.1) is 11.4 Å². The summed E-state index contributed by atoms with van der Waals surface area (Å²) in [5, 5.41) is 6.37. The van der Waals surface area contributed by atoms with Gasteiger partial charge in [0, 0.05) is 29.3 Å². The summed E-state index contributed by atoms with van der Waals surface area (Å²) in [5.74, 6) is 0.131. The number of aliphatic imine (C=N–C) groups is 1. The molecule has 0 radical (unpaired) electrons. The molecule has 2 amide bonds. The SMILES string of the molecule is Cc1cccc(C)c1-n1c(C)csc1=NC(=O)N=CCc1ccc(-c2ncn(-c3ccc(OC(F)(F)F)cc3)n2)cc1. The number of rotatable bonds is 6. The van der Waals surface area contributed by atoms with E-state index in [2.05, 4.69) is 24.8 Å². The van der Waals surface area contributed by atoms with E-state index in [1.807, 2.05) is 73.2 Å². The first kappa shape index (κ1) is 28.7. The zero-order valence-electron chi connectivity index (χ0n) is 22.8. The van der Waals surface area contributed by atoms with Crippen molar-refractivity contribution in [2.45, 2.75) is 33.6 Å². The predicted octanol–water partition coefficient (Wildman–Crippen LogP) is 6.94. The van der Waals surface area contributed by atoms with E-state index in [4.69, 9.17) is 0 Å². The van der Waals surface area contributed by atoms with Gasteiger partial charge in [-0.3, -0.25) is 4.57 Å². The second-order valence-corrected chi connectivity index (χ2v) is 10.2. The first-order chi connectivity index (χ1) is 20.1. The van der Waals surface area contributed by atoms with Gasteiger partial charge in [-0.1, -0.05) is 42.5 Å². The molecule has 42 heavy (non-hydrogen) atoms. The lowest BCUT2D eigenvalue weighted by molar-refractivity contribution is -0.274. The molecule has 3 aromatic carbocycles. The summed E-state index contributed by atoms with van der Waals surface area (Å²) in [7, 11) is 0. The number of para-hydroxylation sites is 1. The number of ether oxygens (including phenoxy) is 1. The summed E-state index contributed by atoms with van der Waals surface area (Å²) in [6.07, 6.45) is -1.32. The summed E-state index contributed by atoms with van der Waals surface area (Å²) < 4.78 is 44.5. The highest BCUT2D eigenvalue weighted by Gasteiger charge is 2.31. The molecule has 0 aliphatic rings. The number of aryl methyl sites for hydroxylation is 3. The zero-order chi connectivity index (χ0) is 29.9. The maximum absolute atomic E-state index is 12.6. The first-order valence-corrected chi connectivity index (χ1v) is 13.7. The molecule has 0 saturated carbocycles. The Kier molecular flexibility index (Phi) is 8.16. The van der Waals surface area contributed by atoms with Crippen LogP contribution < -0.4 is 9.54 Å². The van der Waals surface area contributed by atoms with Gasteiger partial charge in [-0.25, -0.2) is 19.5 Å². The number of hydrogen-bond acceptors (Lipinski definition) is 5. The molecular weight excluding hydrogens is 565 g/mol. The van der Waals surface area contributed by atoms with Gasteiger partial charge in [0.25, 0.3) is 0 Å². The van der Waals surface area contributed by atoms with E-state index in [9.17, 15) is 18.0 Å². The van der Waals surface area contributed by atoms with Crippen molar-refractivity contribution in [2.75, 3.05) is 0 Å². The van der Waals surface area contributed by atoms with E-state index < -0.39 is 12.4 Å². The van der Waals surface area contributed by atoms with Crippen LogP contribution in [0.2, 0.25) is 0 Å². The van der Waals surface area contributed by atoms with Crippen LogP contribution in [-0.4, -0.2) is 37.9 Å². The maximum Gasteiger partial charge on any atom is 0.573 e. The molecule has 5 aromatic rings. The normalized spacial score (nSPS) is 12.3. The van der Waals surface area contributed by atoms with E-state index in [1.54, 1.807) is 0 Å². The molecule has 2 heterocycles. The maximum atomic E-state index is 12.6. The summed E-state index contributed by atoms with van der Waals surface area (Å²) in [5.41, 5.74) is 6.39. The molecule has 214 valence electrons. The Morgan fingerprint density at radius 2 is 1.69 bits per heavy atom. The number of carbonyl (C=O) groups is 1. The lowest BCUT2D eigenvalue weighted by Crippen LogP contribution is -2.17. The molecule has 0 N–H and O–H groups in total. The second-order valence-electron chi connectivity index (χ2n) is 9.40. The van der Waals surface area contributed by atoms with Gasteiger partial charge in [0.1, 0.15) is 12.1 Å². The number of thiazole rings is 1. The third-order valence-corrected chi connectivity index (χ3v) is 7.24. The molecule has 2 aromatic heterocycles. The van der Waals surface area contributed by atoms with E-state index in [0.717, 1.165) is 33.6 Å². The number of benzene rings is 3. The summed E-state index contributed by atoms with van der Waals surface area (Å²) in [6, 6.07) is 18.3. The standard InChI is InChI=1S/C30H25F3N6O2S/c1-19-5-4-6-20(2)26(19)39-21(3)17-42-29(39)36-28(40)34-16-15-22-7-9-23(10-8-22)27-35-18-38(37-27)24-11-13-25(14-12-24)41-30(31,32)33/h4-14,16-18H,15H2,1-3H3. The van der Waals surface area contributed by atoms with Crippen LogP contribution in [-0.2, 0) is 6.42 Å². The van der Waals surface area contributed by atoms with Crippen molar-refractivity contribution in [1.29, 1.82) is 0 Å². The van der Waals surface area contributed by atoms with Crippen LogP contribution in [0.3, 0.4) is 0 Å². The Morgan fingerprint density at radius 3 is 2.36 bits per heavy atom. The van der Waals surface area contributed by atoms with Crippen molar-refractivity contribution in [2.24, 2.45) is 9.98 Å².